The average molecular weight is 374 g/mol. The van der Waals surface area contributed by atoms with E-state index < -0.39 is 0 Å². The number of benzene rings is 1. The molecule has 1 aromatic carbocycles. The summed E-state index contributed by atoms with van der Waals surface area (Å²) >= 11 is 4.97. The van der Waals surface area contributed by atoms with Gasteiger partial charge in [0.25, 0.3) is 0 Å². The van der Waals surface area contributed by atoms with Gasteiger partial charge in [-0.25, -0.2) is 0 Å². The van der Waals surface area contributed by atoms with Crippen LogP contribution in [0.5, 0.6) is 0 Å². The van der Waals surface area contributed by atoms with Crippen LogP contribution in [-0.2, 0) is 9.53 Å². The highest BCUT2D eigenvalue weighted by molar-refractivity contribution is 9.10. The first-order chi connectivity index (χ1) is 10.2. The highest BCUT2D eigenvalue weighted by atomic mass is 79.9. The van der Waals surface area contributed by atoms with Gasteiger partial charge in [0.05, 0.1) is 25.1 Å². The maximum atomic E-state index is 12.2. The number of amides is 1. The molecule has 1 fully saturated rings. The number of halogens is 1. The number of piperidine rings is 1. The molecule has 21 heavy (non-hydrogen) atoms. The number of carbonyl (C=O) groups is 1. The Kier molecular flexibility index (Phi) is 7.03. The van der Waals surface area contributed by atoms with Crippen molar-refractivity contribution < 1.29 is 14.6 Å². The number of thioether (sulfide) groups is 1. The van der Waals surface area contributed by atoms with Crippen LogP contribution in [0.15, 0.2) is 33.6 Å². The summed E-state index contributed by atoms with van der Waals surface area (Å²) in [7, 11) is 0. The Bertz CT molecular complexity index is 447. The third-order valence-electron chi connectivity index (χ3n) is 3.42. The molecule has 4 nitrogen and oxygen atoms in total. The fourth-order valence-electron chi connectivity index (χ4n) is 2.26. The smallest absolute Gasteiger partial charge is 0.232 e. The summed E-state index contributed by atoms with van der Waals surface area (Å²) in [5.74, 6) is 0.660. The van der Waals surface area contributed by atoms with Gasteiger partial charge in [0.2, 0.25) is 5.91 Å². The topological polar surface area (TPSA) is 49.8 Å². The summed E-state index contributed by atoms with van der Waals surface area (Å²) in [5.41, 5.74) is 0. The van der Waals surface area contributed by atoms with Crippen molar-refractivity contribution in [3.63, 3.8) is 0 Å². The van der Waals surface area contributed by atoms with Gasteiger partial charge in [-0.15, -0.1) is 11.8 Å². The van der Waals surface area contributed by atoms with E-state index in [2.05, 4.69) is 15.9 Å². The van der Waals surface area contributed by atoms with Gasteiger partial charge in [0, 0.05) is 22.5 Å². The van der Waals surface area contributed by atoms with Crippen LogP contribution < -0.4 is 0 Å². The molecule has 0 radical (unpaired) electrons. The molecule has 0 saturated carbocycles. The second-order valence-corrected chi connectivity index (χ2v) is 6.88. The molecule has 0 aliphatic carbocycles. The molecule has 0 bridgehead atoms. The number of rotatable bonds is 6. The van der Waals surface area contributed by atoms with E-state index in [1.54, 1.807) is 11.8 Å². The molecule has 1 aromatic rings. The van der Waals surface area contributed by atoms with E-state index >= 15 is 0 Å². The van der Waals surface area contributed by atoms with E-state index in [1.165, 1.54) is 0 Å². The Labute approximate surface area is 138 Å². The minimum atomic E-state index is 0.0585. The molecule has 1 amide bonds. The number of ether oxygens (including phenoxy) is 1. The van der Waals surface area contributed by atoms with Gasteiger partial charge >= 0.3 is 0 Å². The Balaban J connectivity index is 1.71. The van der Waals surface area contributed by atoms with Crippen molar-refractivity contribution in [2.45, 2.75) is 23.8 Å². The first kappa shape index (κ1) is 16.8. The average Bonchev–Trinajstić information content (AvgIpc) is 2.52. The third-order valence-corrected chi connectivity index (χ3v) is 4.94. The Morgan fingerprint density at radius 1 is 1.33 bits per heavy atom. The summed E-state index contributed by atoms with van der Waals surface area (Å²) in [4.78, 5) is 15.2. The van der Waals surface area contributed by atoms with Gasteiger partial charge in [-0.1, -0.05) is 15.9 Å². The van der Waals surface area contributed by atoms with Crippen molar-refractivity contribution in [2.75, 3.05) is 32.1 Å². The largest absolute Gasteiger partial charge is 0.394 e. The first-order valence-corrected chi connectivity index (χ1v) is 8.85. The molecule has 2 rings (SSSR count). The standard InChI is InChI=1S/C15H20BrNO3S/c16-12-1-3-14(4-2-12)21-11-15(19)17-7-5-13(6-8-17)20-10-9-18/h1-4,13,18H,5-11H2. The molecule has 1 N–H and O–H groups in total. The number of nitrogens with zero attached hydrogens (tertiary/aromatic N) is 1. The van der Waals surface area contributed by atoms with Crippen molar-refractivity contribution in [3.8, 4) is 0 Å². The van der Waals surface area contributed by atoms with Crippen molar-refractivity contribution in [2.24, 2.45) is 0 Å². The number of aliphatic hydroxyl groups excluding tert-OH is 1. The fourth-order valence-corrected chi connectivity index (χ4v) is 3.32. The second kappa shape index (κ2) is 8.78. The van der Waals surface area contributed by atoms with Gasteiger partial charge in [-0.2, -0.15) is 0 Å². The molecular weight excluding hydrogens is 354 g/mol. The van der Waals surface area contributed by atoms with Gasteiger partial charge in [0.15, 0.2) is 0 Å². The number of aliphatic hydroxyl groups is 1. The predicted molar refractivity (Wildman–Crippen MR) is 87.5 cm³/mol. The van der Waals surface area contributed by atoms with Crippen LogP contribution in [0.2, 0.25) is 0 Å². The molecule has 0 atom stereocenters. The van der Waals surface area contributed by atoms with Gasteiger partial charge in [0.1, 0.15) is 0 Å². The Morgan fingerprint density at radius 3 is 2.62 bits per heavy atom. The zero-order valence-electron chi connectivity index (χ0n) is 11.8. The highest BCUT2D eigenvalue weighted by Crippen LogP contribution is 2.22. The van der Waals surface area contributed by atoms with E-state index in [0.29, 0.717) is 12.4 Å². The second-order valence-electron chi connectivity index (χ2n) is 4.92. The van der Waals surface area contributed by atoms with Crippen molar-refractivity contribution in [1.29, 1.82) is 0 Å². The third kappa shape index (κ3) is 5.62. The van der Waals surface area contributed by atoms with Crippen LogP contribution in [-0.4, -0.2) is 54.1 Å². The summed E-state index contributed by atoms with van der Waals surface area (Å²) in [6.07, 6.45) is 1.89. The summed E-state index contributed by atoms with van der Waals surface area (Å²) < 4.78 is 6.55. The predicted octanol–water partition coefficient (Wildman–Crippen LogP) is 2.54. The first-order valence-electron chi connectivity index (χ1n) is 7.07. The van der Waals surface area contributed by atoms with Crippen LogP contribution >= 0.6 is 27.7 Å². The molecule has 0 spiro atoms. The van der Waals surface area contributed by atoms with Crippen LogP contribution in [0.3, 0.4) is 0 Å². The normalized spacial score (nSPS) is 16.2. The number of carbonyl (C=O) groups excluding carboxylic acids is 1. The quantitative estimate of drug-likeness (QED) is 0.778. The van der Waals surface area contributed by atoms with Crippen LogP contribution in [0, 0.1) is 0 Å². The van der Waals surface area contributed by atoms with Gasteiger partial charge < -0.3 is 14.7 Å². The van der Waals surface area contributed by atoms with Crippen molar-refractivity contribution in [1.82, 2.24) is 4.90 Å². The summed E-state index contributed by atoms with van der Waals surface area (Å²) in [5, 5.41) is 8.74. The molecule has 116 valence electrons. The molecule has 1 heterocycles. The Hall–Kier alpha value is -0.560. The summed E-state index contributed by atoms with van der Waals surface area (Å²) in [6.45, 7) is 1.94. The zero-order chi connectivity index (χ0) is 15.1. The summed E-state index contributed by atoms with van der Waals surface area (Å²) in [6, 6.07) is 7.99. The van der Waals surface area contributed by atoms with E-state index in [0.717, 1.165) is 35.3 Å². The van der Waals surface area contributed by atoms with Crippen LogP contribution in [0.25, 0.3) is 0 Å². The minimum Gasteiger partial charge on any atom is -0.394 e. The number of likely N-dealkylation sites (tertiary alicyclic amines) is 1. The molecule has 1 aliphatic heterocycles. The van der Waals surface area contributed by atoms with Gasteiger partial charge in [-0.3, -0.25) is 4.79 Å². The Morgan fingerprint density at radius 2 is 2.00 bits per heavy atom. The molecule has 6 heteroatoms. The minimum absolute atomic E-state index is 0.0585. The number of hydrogen-bond acceptors (Lipinski definition) is 4. The maximum absolute atomic E-state index is 12.2. The lowest BCUT2D eigenvalue weighted by molar-refractivity contribution is -0.131. The molecule has 0 aromatic heterocycles. The molecule has 1 saturated heterocycles. The SMILES string of the molecule is O=C(CSc1ccc(Br)cc1)N1CCC(OCCO)CC1. The lowest BCUT2D eigenvalue weighted by Gasteiger charge is -2.31. The van der Waals surface area contributed by atoms with E-state index in [-0.39, 0.29) is 18.6 Å². The zero-order valence-corrected chi connectivity index (χ0v) is 14.2. The van der Waals surface area contributed by atoms with Crippen molar-refractivity contribution >= 4 is 33.6 Å². The highest BCUT2D eigenvalue weighted by Gasteiger charge is 2.22. The van der Waals surface area contributed by atoms with E-state index in [4.69, 9.17) is 9.84 Å². The fraction of sp³-hybridized carbons (Fsp3) is 0.533. The molecular formula is C15H20BrNO3S. The van der Waals surface area contributed by atoms with Crippen LogP contribution in [0.1, 0.15) is 12.8 Å². The van der Waals surface area contributed by atoms with E-state index in [1.807, 2.05) is 29.2 Å². The van der Waals surface area contributed by atoms with Crippen molar-refractivity contribution in [3.05, 3.63) is 28.7 Å². The molecule has 1 aliphatic rings. The molecule has 0 unspecified atom stereocenters. The van der Waals surface area contributed by atoms with Gasteiger partial charge in [-0.05, 0) is 37.1 Å². The van der Waals surface area contributed by atoms with Crippen LogP contribution in [0.4, 0.5) is 0 Å². The monoisotopic (exact) mass is 373 g/mol. The number of hydrogen-bond donors (Lipinski definition) is 1. The maximum Gasteiger partial charge on any atom is 0.232 e. The van der Waals surface area contributed by atoms with E-state index in [9.17, 15) is 4.79 Å². The lowest BCUT2D eigenvalue weighted by atomic mass is 10.1. The lowest BCUT2D eigenvalue weighted by Crippen LogP contribution is -2.41.